The Bertz CT molecular complexity index is 1200. The van der Waals surface area contributed by atoms with E-state index < -0.39 is 33.6 Å². The third kappa shape index (κ3) is 4.29. The molecule has 2 aromatic rings. The third-order valence-electron chi connectivity index (χ3n) is 4.64. The number of carbonyl (C=O) groups excluding carboxylic acids is 1. The van der Waals surface area contributed by atoms with E-state index in [1.54, 1.807) is 19.1 Å². The molecule has 0 atom stereocenters. The molecule has 0 saturated heterocycles. The van der Waals surface area contributed by atoms with Gasteiger partial charge in [-0.3, -0.25) is 19.0 Å². The molecule has 0 aliphatic heterocycles. The first kappa shape index (κ1) is 23.3. The van der Waals surface area contributed by atoms with E-state index in [1.807, 2.05) is 0 Å². The Morgan fingerprint density at radius 3 is 2.10 bits per heavy atom. The van der Waals surface area contributed by atoms with E-state index in [1.165, 1.54) is 41.8 Å². The summed E-state index contributed by atoms with van der Waals surface area (Å²) in [6.45, 7) is 9.21. The summed E-state index contributed by atoms with van der Waals surface area (Å²) in [5.41, 5.74) is -1.12. The van der Waals surface area contributed by atoms with E-state index in [2.05, 4.69) is 13.2 Å². The van der Waals surface area contributed by atoms with Crippen molar-refractivity contribution in [3.05, 3.63) is 64.2 Å². The summed E-state index contributed by atoms with van der Waals surface area (Å²) in [7, 11) is -0.992. The summed E-state index contributed by atoms with van der Waals surface area (Å²) in [4.78, 5) is 39.5. The topological polar surface area (TPSA) is 102 Å². The van der Waals surface area contributed by atoms with Crippen LogP contribution in [0.25, 0.3) is 11.0 Å². The van der Waals surface area contributed by atoms with Gasteiger partial charge in [-0.05, 0) is 25.1 Å². The van der Waals surface area contributed by atoms with Crippen molar-refractivity contribution in [1.82, 2.24) is 18.3 Å². The van der Waals surface area contributed by atoms with Crippen LogP contribution in [0.4, 0.5) is 0 Å². The fraction of sp³-hybridized carbons (Fsp3) is 0.350. The Hall–Kier alpha value is -2.98. The summed E-state index contributed by atoms with van der Waals surface area (Å²) >= 11 is 0. The van der Waals surface area contributed by atoms with E-state index in [4.69, 9.17) is 0 Å². The van der Waals surface area contributed by atoms with E-state index >= 15 is 0 Å². The zero-order valence-corrected chi connectivity index (χ0v) is 18.2. The van der Waals surface area contributed by atoms with Crippen LogP contribution in [0.5, 0.6) is 0 Å². The monoisotopic (exact) mass is 434 g/mol. The molecule has 0 spiro atoms. The number of sulfonamides is 1. The van der Waals surface area contributed by atoms with Gasteiger partial charge in [0.2, 0.25) is 15.9 Å². The number of rotatable bonds is 9. The van der Waals surface area contributed by atoms with Crippen LogP contribution in [0.3, 0.4) is 0 Å². The summed E-state index contributed by atoms with van der Waals surface area (Å²) in [6.07, 6.45) is 3.08. The standard InChI is InChI=1S/C20H26N4O5S/c1-6-11-22(12-7-2)18(25)14-24-17-13-15(30(28,29)21(4)5)9-10-16(17)23(8-3)19(26)20(24)27/h6-7,9-10,13H,1-2,8,11-12,14H2,3-5H3. The first-order valence-corrected chi connectivity index (χ1v) is 10.7. The largest absolute Gasteiger partial charge is 0.334 e. The Morgan fingerprint density at radius 1 is 1.03 bits per heavy atom. The van der Waals surface area contributed by atoms with E-state index in [0.717, 1.165) is 8.87 Å². The molecule has 9 nitrogen and oxygen atoms in total. The van der Waals surface area contributed by atoms with Crippen molar-refractivity contribution in [2.24, 2.45) is 0 Å². The molecule has 1 aromatic heterocycles. The second kappa shape index (κ2) is 9.23. The minimum Gasteiger partial charge on any atom is -0.334 e. The van der Waals surface area contributed by atoms with Gasteiger partial charge in [0.15, 0.2) is 0 Å². The third-order valence-corrected chi connectivity index (χ3v) is 6.45. The Kier molecular flexibility index (Phi) is 7.16. The zero-order valence-electron chi connectivity index (χ0n) is 17.4. The van der Waals surface area contributed by atoms with Crippen molar-refractivity contribution in [3.63, 3.8) is 0 Å². The highest BCUT2D eigenvalue weighted by Gasteiger charge is 2.22. The number of hydrogen-bond acceptors (Lipinski definition) is 5. The molecule has 0 radical (unpaired) electrons. The lowest BCUT2D eigenvalue weighted by Gasteiger charge is -2.21. The summed E-state index contributed by atoms with van der Waals surface area (Å²) in [5, 5.41) is 0. The van der Waals surface area contributed by atoms with Crippen molar-refractivity contribution >= 4 is 27.0 Å². The first-order valence-electron chi connectivity index (χ1n) is 9.29. The lowest BCUT2D eigenvalue weighted by molar-refractivity contribution is -0.130. The second-order valence-corrected chi connectivity index (χ2v) is 8.91. The Labute approximate surface area is 175 Å². The summed E-state index contributed by atoms with van der Waals surface area (Å²) < 4.78 is 28.5. The minimum absolute atomic E-state index is 0.0454. The SMILES string of the molecule is C=CCN(CC=C)C(=O)Cn1c(=O)c(=O)n(CC)c2ccc(S(=O)(=O)N(C)C)cc21. The lowest BCUT2D eigenvalue weighted by atomic mass is 10.2. The van der Waals surface area contributed by atoms with Gasteiger partial charge in [-0.1, -0.05) is 12.2 Å². The van der Waals surface area contributed by atoms with Crippen LogP contribution < -0.4 is 11.1 Å². The molecule has 2 rings (SSSR count). The van der Waals surface area contributed by atoms with Gasteiger partial charge in [0.1, 0.15) is 6.54 Å². The summed E-state index contributed by atoms with van der Waals surface area (Å²) in [5.74, 6) is -0.423. The van der Waals surface area contributed by atoms with Gasteiger partial charge < -0.3 is 9.47 Å². The maximum Gasteiger partial charge on any atom is 0.317 e. The van der Waals surface area contributed by atoms with Crippen molar-refractivity contribution in [3.8, 4) is 0 Å². The van der Waals surface area contributed by atoms with Gasteiger partial charge in [0.05, 0.1) is 15.9 Å². The van der Waals surface area contributed by atoms with Crippen LogP contribution in [0.2, 0.25) is 0 Å². The van der Waals surface area contributed by atoms with Gasteiger partial charge in [0, 0.05) is 33.7 Å². The van der Waals surface area contributed by atoms with Gasteiger partial charge in [-0.15, -0.1) is 13.2 Å². The highest BCUT2D eigenvalue weighted by atomic mass is 32.2. The fourth-order valence-corrected chi connectivity index (χ4v) is 3.99. The minimum atomic E-state index is -3.78. The number of fused-ring (bicyclic) bond motifs is 1. The molecule has 1 heterocycles. The van der Waals surface area contributed by atoms with Crippen LogP contribution in [0, 0.1) is 0 Å². The van der Waals surface area contributed by atoms with Crippen LogP contribution in [0.15, 0.2) is 58.0 Å². The van der Waals surface area contributed by atoms with E-state index in [0.29, 0.717) is 5.52 Å². The molecule has 0 aliphatic carbocycles. The number of carbonyl (C=O) groups is 1. The predicted octanol–water partition coefficient (Wildman–Crippen LogP) is 0.634. The smallest absolute Gasteiger partial charge is 0.317 e. The molecular weight excluding hydrogens is 408 g/mol. The number of benzene rings is 1. The van der Waals surface area contributed by atoms with E-state index in [9.17, 15) is 22.8 Å². The molecule has 0 aliphatic rings. The quantitative estimate of drug-likeness (QED) is 0.426. The lowest BCUT2D eigenvalue weighted by Crippen LogP contribution is -2.44. The normalized spacial score (nSPS) is 11.6. The van der Waals surface area contributed by atoms with Gasteiger partial charge >= 0.3 is 11.1 Å². The molecule has 0 N–H and O–H groups in total. The van der Waals surface area contributed by atoms with Crippen molar-refractivity contribution in [2.75, 3.05) is 27.2 Å². The van der Waals surface area contributed by atoms with E-state index in [-0.39, 0.29) is 30.0 Å². The molecule has 0 bridgehead atoms. The van der Waals surface area contributed by atoms with Crippen molar-refractivity contribution in [2.45, 2.75) is 24.9 Å². The maximum absolute atomic E-state index is 12.8. The number of aromatic nitrogens is 2. The Morgan fingerprint density at radius 2 is 1.60 bits per heavy atom. The van der Waals surface area contributed by atoms with Crippen LogP contribution in [0.1, 0.15) is 6.92 Å². The van der Waals surface area contributed by atoms with Gasteiger partial charge in [-0.25, -0.2) is 12.7 Å². The molecule has 0 unspecified atom stereocenters. The average Bonchev–Trinajstić information content (AvgIpc) is 2.71. The van der Waals surface area contributed by atoms with Crippen molar-refractivity contribution in [1.29, 1.82) is 0 Å². The summed E-state index contributed by atoms with van der Waals surface area (Å²) in [6, 6.07) is 4.17. The number of nitrogens with zero attached hydrogens (tertiary/aromatic N) is 4. The molecule has 1 amide bonds. The molecule has 0 fully saturated rings. The van der Waals surface area contributed by atoms with Crippen LogP contribution in [-0.4, -0.2) is 59.8 Å². The van der Waals surface area contributed by atoms with Gasteiger partial charge in [-0.2, -0.15) is 0 Å². The molecule has 10 heteroatoms. The maximum atomic E-state index is 12.8. The molecule has 30 heavy (non-hydrogen) atoms. The number of aryl methyl sites for hydroxylation is 1. The highest BCUT2D eigenvalue weighted by molar-refractivity contribution is 7.89. The highest BCUT2D eigenvalue weighted by Crippen LogP contribution is 2.20. The predicted molar refractivity (Wildman–Crippen MR) is 116 cm³/mol. The van der Waals surface area contributed by atoms with Crippen LogP contribution in [-0.2, 0) is 27.9 Å². The fourth-order valence-electron chi connectivity index (χ4n) is 3.06. The number of amides is 1. The second-order valence-electron chi connectivity index (χ2n) is 6.75. The van der Waals surface area contributed by atoms with Crippen LogP contribution >= 0.6 is 0 Å². The first-order chi connectivity index (χ1) is 14.1. The number of hydrogen-bond donors (Lipinski definition) is 0. The Balaban J connectivity index is 2.79. The average molecular weight is 435 g/mol. The molecular formula is C20H26N4O5S. The zero-order chi connectivity index (χ0) is 22.6. The molecule has 1 aromatic carbocycles. The molecule has 0 saturated carbocycles. The van der Waals surface area contributed by atoms with Crippen molar-refractivity contribution < 1.29 is 13.2 Å². The molecule has 162 valence electrons. The van der Waals surface area contributed by atoms with Gasteiger partial charge in [0.25, 0.3) is 0 Å².